The third-order valence-corrected chi connectivity index (χ3v) is 7.14. The molecule has 1 aromatic carbocycles. The summed E-state index contributed by atoms with van der Waals surface area (Å²) in [5, 5.41) is 6.83. The predicted octanol–water partition coefficient (Wildman–Crippen LogP) is 2.29. The van der Waals surface area contributed by atoms with Gasteiger partial charge in [0.05, 0.1) is 24.5 Å². The van der Waals surface area contributed by atoms with Crippen molar-refractivity contribution in [1.29, 1.82) is 0 Å². The van der Waals surface area contributed by atoms with E-state index in [1.807, 2.05) is 0 Å². The van der Waals surface area contributed by atoms with E-state index < -0.39 is 17.4 Å². The van der Waals surface area contributed by atoms with Crippen LogP contribution in [0.3, 0.4) is 0 Å². The number of rotatable bonds is 4. The van der Waals surface area contributed by atoms with Gasteiger partial charge in [-0.1, -0.05) is 25.4 Å². The molecule has 0 saturated carbocycles. The van der Waals surface area contributed by atoms with Crippen LogP contribution in [0.5, 0.6) is 0 Å². The average Bonchev–Trinajstić information content (AvgIpc) is 3.42. The predicted molar refractivity (Wildman–Crippen MR) is 111 cm³/mol. The van der Waals surface area contributed by atoms with Crippen LogP contribution in [0.4, 0.5) is 5.69 Å². The second kappa shape index (κ2) is 7.04. The van der Waals surface area contributed by atoms with Crippen molar-refractivity contribution in [3.63, 3.8) is 0 Å². The van der Waals surface area contributed by atoms with Crippen LogP contribution in [0, 0.1) is 17.8 Å². The van der Waals surface area contributed by atoms with Crippen molar-refractivity contribution in [3.8, 4) is 0 Å². The van der Waals surface area contributed by atoms with E-state index in [-0.39, 0.29) is 36.4 Å². The van der Waals surface area contributed by atoms with E-state index in [2.05, 4.69) is 24.5 Å². The Balaban J connectivity index is 1.59. The molecule has 1 spiro atoms. The Morgan fingerprint density at radius 1 is 1.27 bits per heavy atom. The molecule has 3 amide bonds. The van der Waals surface area contributed by atoms with Crippen LogP contribution in [0.15, 0.2) is 18.2 Å². The molecule has 1 aromatic rings. The summed E-state index contributed by atoms with van der Waals surface area (Å²) in [6.45, 7) is 5.07. The first-order chi connectivity index (χ1) is 14.3. The van der Waals surface area contributed by atoms with E-state index in [1.54, 1.807) is 18.2 Å². The van der Waals surface area contributed by atoms with Crippen LogP contribution >= 0.6 is 11.6 Å². The van der Waals surface area contributed by atoms with Crippen molar-refractivity contribution >= 4 is 35.0 Å². The number of fused-ring (bicyclic) bond motifs is 4. The molecule has 3 saturated heterocycles. The minimum Gasteiger partial charge on any atom is -0.376 e. The van der Waals surface area contributed by atoms with E-state index in [0.717, 1.165) is 12.8 Å². The summed E-state index contributed by atoms with van der Waals surface area (Å²) in [6, 6.07) is 4.93. The van der Waals surface area contributed by atoms with Crippen molar-refractivity contribution in [3.05, 3.63) is 28.8 Å². The van der Waals surface area contributed by atoms with Crippen LogP contribution in [-0.4, -0.2) is 47.9 Å². The van der Waals surface area contributed by atoms with Crippen molar-refractivity contribution in [2.24, 2.45) is 17.8 Å². The van der Waals surface area contributed by atoms with Crippen LogP contribution in [0.2, 0.25) is 5.02 Å². The van der Waals surface area contributed by atoms with E-state index >= 15 is 0 Å². The van der Waals surface area contributed by atoms with Crippen molar-refractivity contribution < 1.29 is 19.1 Å². The van der Waals surface area contributed by atoms with Crippen molar-refractivity contribution in [2.75, 3.05) is 18.5 Å². The number of ether oxygens (including phenoxy) is 1. The van der Waals surface area contributed by atoms with Gasteiger partial charge in [0.25, 0.3) is 0 Å². The number of hydrogen-bond acceptors (Lipinski definition) is 5. The molecule has 0 radical (unpaired) electrons. The van der Waals surface area contributed by atoms with Crippen molar-refractivity contribution in [1.82, 2.24) is 10.2 Å². The maximum absolute atomic E-state index is 13.6. The fourth-order valence-corrected chi connectivity index (χ4v) is 5.89. The third kappa shape index (κ3) is 2.75. The van der Waals surface area contributed by atoms with Gasteiger partial charge < -0.3 is 10.1 Å². The highest BCUT2D eigenvalue weighted by molar-refractivity contribution is 6.31. The summed E-state index contributed by atoms with van der Waals surface area (Å²) in [7, 11) is 0. The minimum atomic E-state index is -1.28. The first kappa shape index (κ1) is 20.0. The van der Waals surface area contributed by atoms with E-state index in [9.17, 15) is 14.4 Å². The molecular formula is C22H26ClN3O4. The van der Waals surface area contributed by atoms with Gasteiger partial charge in [0.1, 0.15) is 5.54 Å². The van der Waals surface area contributed by atoms with Gasteiger partial charge in [-0.15, -0.1) is 0 Å². The van der Waals surface area contributed by atoms with E-state index in [0.29, 0.717) is 35.2 Å². The molecule has 4 heterocycles. The fourth-order valence-electron chi connectivity index (χ4n) is 5.72. The largest absolute Gasteiger partial charge is 0.376 e. The summed E-state index contributed by atoms with van der Waals surface area (Å²) >= 11 is 6.26. The number of hydrogen-bond donors (Lipinski definition) is 2. The molecule has 5 unspecified atom stereocenters. The highest BCUT2D eigenvalue weighted by Gasteiger charge is 2.70. The molecule has 2 N–H and O–H groups in total. The Bertz CT molecular complexity index is 929. The van der Waals surface area contributed by atoms with Crippen LogP contribution in [0.25, 0.3) is 0 Å². The normalized spacial score (nSPS) is 34.9. The number of nitrogens with one attached hydrogen (secondary N) is 2. The quantitative estimate of drug-likeness (QED) is 0.714. The number of likely N-dealkylation sites (tertiary alicyclic amines) is 1. The summed E-state index contributed by atoms with van der Waals surface area (Å²) < 4.78 is 5.68. The zero-order chi connectivity index (χ0) is 21.2. The lowest BCUT2D eigenvalue weighted by Crippen LogP contribution is -2.53. The Hall–Kier alpha value is -1.96. The molecule has 4 aliphatic rings. The molecule has 0 aromatic heterocycles. The van der Waals surface area contributed by atoms with Gasteiger partial charge in [-0.3, -0.25) is 24.6 Å². The SMILES string of the molecule is CC(C)CC1NC2(C(=O)Nc3ccc(Cl)cc32)C2C(=O)N(CC3CCCO3)C(=O)C12. The molecule has 4 aliphatic heterocycles. The highest BCUT2D eigenvalue weighted by Crippen LogP contribution is 2.54. The lowest BCUT2D eigenvalue weighted by molar-refractivity contribution is -0.144. The summed E-state index contributed by atoms with van der Waals surface area (Å²) in [6.07, 6.45) is 2.34. The number of carbonyl (C=O) groups is 3. The smallest absolute Gasteiger partial charge is 0.250 e. The van der Waals surface area contributed by atoms with Gasteiger partial charge in [-0.2, -0.15) is 0 Å². The number of benzene rings is 1. The first-order valence-electron chi connectivity index (χ1n) is 10.7. The zero-order valence-electron chi connectivity index (χ0n) is 17.1. The molecule has 8 heteroatoms. The molecule has 3 fully saturated rings. The molecule has 0 bridgehead atoms. The Labute approximate surface area is 180 Å². The molecule has 5 rings (SSSR count). The van der Waals surface area contributed by atoms with Crippen molar-refractivity contribution in [2.45, 2.75) is 50.8 Å². The number of carbonyl (C=O) groups excluding carboxylic acids is 3. The molecule has 5 atom stereocenters. The second-order valence-corrected chi connectivity index (χ2v) is 9.69. The molecule has 0 aliphatic carbocycles. The van der Waals surface area contributed by atoms with Gasteiger partial charge in [0.15, 0.2) is 0 Å². The molecule has 30 heavy (non-hydrogen) atoms. The van der Waals surface area contributed by atoms with Gasteiger partial charge in [-0.05, 0) is 43.4 Å². The minimum absolute atomic E-state index is 0.122. The van der Waals surface area contributed by atoms with Crippen LogP contribution in [-0.2, 0) is 24.7 Å². The summed E-state index contributed by atoms with van der Waals surface area (Å²) in [4.78, 5) is 41.7. The number of amides is 3. The Morgan fingerprint density at radius 2 is 2.07 bits per heavy atom. The lowest BCUT2D eigenvalue weighted by Gasteiger charge is -2.30. The number of imide groups is 1. The van der Waals surface area contributed by atoms with Gasteiger partial charge in [-0.25, -0.2) is 0 Å². The maximum Gasteiger partial charge on any atom is 0.250 e. The molecule has 7 nitrogen and oxygen atoms in total. The number of nitrogens with zero attached hydrogens (tertiary/aromatic N) is 1. The zero-order valence-corrected chi connectivity index (χ0v) is 17.9. The van der Waals surface area contributed by atoms with E-state index in [4.69, 9.17) is 16.3 Å². The maximum atomic E-state index is 13.6. The second-order valence-electron chi connectivity index (χ2n) is 9.26. The Morgan fingerprint density at radius 3 is 2.77 bits per heavy atom. The lowest BCUT2D eigenvalue weighted by atomic mass is 9.76. The van der Waals surface area contributed by atoms with E-state index in [1.165, 1.54) is 4.90 Å². The first-order valence-corrected chi connectivity index (χ1v) is 11.1. The summed E-state index contributed by atoms with van der Waals surface area (Å²) in [5.74, 6) is -1.83. The van der Waals surface area contributed by atoms with Crippen LogP contribution in [0.1, 0.15) is 38.7 Å². The topological polar surface area (TPSA) is 87.7 Å². The molecular weight excluding hydrogens is 406 g/mol. The Kier molecular flexibility index (Phi) is 4.69. The molecule has 160 valence electrons. The average molecular weight is 432 g/mol. The number of halogens is 1. The fraction of sp³-hybridized carbons (Fsp3) is 0.591. The monoisotopic (exact) mass is 431 g/mol. The van der Waals surface area contributed by atoms with Crippen LogP contribution < -0.4 is 10.6 Å². The third-order valence-electron chi connectivity index (χ3n) is 6.90. The van der Waals surface area contributed by atoms with Gasteiger partial charge in [0, 0.05) is 28.9 Å². The van der Waals surface area contributed by atoms with Gasteiger partial charge in [0.2, 0.25) is 17.7 Å². The number of anilines is 1. The van der Waals surface area contributed by atoms with Gasteiger partial charge >= 0.3 is 0 Å². The standard InChI is InChI=1S/C22H26ClN3O4/c1-11(2)8-16-17-18(20(28)26(19(17)27)10-13-4-3-7-30-13)22(25-16)14-9-12(23)5-6-15(14)24-21(22)29/h5-6,9,11,13,16-18,25H,3-4,7-8,10H2,1-2H3,(H,24,29). The highest BCUT2D eigenvalue weighted by atomic mass is 35.5. The summed E-state index contributed by atoms with van der Waals surface area (Å²) in [5.41, 5.74) is 0.0164.